The second kappa shape index (κ2) is 6.01. The van der Waals surface area contributed by atoms with Gasteiger partial charge in [0.1, 0.15) is 11.5 Å². The van der Waals surface area contributed by atoms with Crippen LogP contribution in [-0.2, 0) is 7.05 Å². The lowest BCUT2D eigenvalue weighted by Gasteiger charge is -2.15. The number of methoxy groups -OCH3 is 2. The highest BCUT2D eigenvalue weighted by atomic mass is 16.5. The second-order valence-corrected chi connectivity index (χ2v) is 4.89. The van der Waals surface area contributed by atoms with Crippen molar-refractivity contribution in [3.05, 3.63) is 46.2 Å². The molecule has 0 bridgehead atoms. The largest absolute Gasteiger partial charge is 0.497 e. The van der Waals surface area contributed by atoms with Crippen LogP contribution >= 0.6 is 0 Å². The quantitative estimate of drug-likeness (QED) is 0.935. The summed E-state index contributed by atoms with van der Waals surface area (Å²) in [7, 11) is 4.92. The van der Waals surface area contributed by atoms with Crippen molar-refractivity contribution in [1.29, 1.82) is 0 Å². The van der Waals surface area contributed by atoms with E-state index >= 15 is 0 Å². The summed E-state index contributed by atoms with van der Waals surface area (Å²) >= 11 is 0. The lowest BCUT2D eigenvalue weighted by atomic mass is 10.1. The molecule has 2 rings (SSSR count). The maximum Gasteiger partial charge on any atom is 0.255 e. The highest BCUT2D eigenvalue weighted by molar-refractivity contribution is 5.69. The fraction of sp³-hybridized carbons (Fsp3) is 0.312. The highest BCUT2D eigenvalue weighted by Gasteiger charge is 2.14. The van der Waals surface area contributed by atoms with Gasteiger partial charge in [0, 0.05) is 30.3 Å². The smallest absolute Gasteiger partial charge is 0.255 e. The Morgan fingerprint density at radius 3 is 2.43 bits per heavy atom. The number of benzene rings is 1. The van der Waals surface area contributed by atoms with Crippen LogP contribution in [0.1, 0.15) is 18.5 Å². The maximum absolute atomic E-state index is 12.3. The molecule has 0 aliphatic carbocycles. The number of nitrogens with zero attached hydrogens (tertiary/aromatic N) is 1. The van der Waals surface area contributed by atoms with E-state index < -0.39 is 0 Å². The molecule has 1 heterocycles. The van der Waals surface area contributed by atoms with Crippen molar-refractivity contribution in [3.63, 3.8) is 0 Å². The predicted molar refractivity (Wildman–Crippen MR) is 82.8 cm³/mol. The first-order valence-corrected chi connectivity index (χ1v) is 6.67. The number of hydrogen-bond acceptors (Lipinski definition) is 4. The van der Waals surface area contributed by atoms with Crippen LogP contribution in [0, 0.1) is 0 Å². The molecule has 5 nitrogen and oxygen atoms in total. The Balaban J connectivity index is 2.63. The normalized spacial score (nSPS) is 12.0. The number of rotatable bonds is 4. The van der Waals surface area contributed by atoms with Crippen molar-refractivity contribution in [2.45, 2.75) is 13.0 Å². The first-order chi connectivity index (χ1) is 9.99. The van der Waals surface area contributed by atoms with E-state index in [1.807, 2.05) is 18.2 Å². The minimum absolute atomic E-state index is 0.0969. The molecule has 0 spiro atoms. The van der Waals surface area contributed by atoms with Crippen LogP contribution in [0.2, 0.25) is 0 Å². The number of hydrogen-bond donors (Lipinski definition) is 1. The van der Waals surface area contributed by atoms with Gasteiger partial charge in [0.05, 0.1) is 19.9 Å². The average Bonchev–Trinajstić information content (AvgIpc) is 2.49. The minimum Gasteiger partial charge on any atom is -0.497 e. The van der Waals surface area contributed by atoms with Crippen LogP contribution in [0.25, 0.3) is 11.3 Å². The Hall–Kier alpha value is -2.27. The van der Waals surface area contributed by atoms with Crippen molar-refractivity contribution in [2.75, 3.05) is 14.2 Å². The van der Waals surface area contributed by atoms with Gasteiger partial charge in [-0.25, -0.2) is 0 Å². The fourth-order valence-electron chi connectivity index (χ4n) is 2.28. The summed E-state index contributed by atoms with van der Waals surface area (Å²) in [6.45, 7) is 1.80. The third-order valence-electron chi connectivity index (χ3n) is 3.51. The molecule has 1 aromatic heterocycles. The van der Waals surface area contributed by atoms with Gasteiger partial charge in [-0.1, -0.05) is 0 Å². The van der Waals surface area contributed by atoms with Crippen molar-refractivity contribution < 1.29 is 9.47 Å². The molecule has 2 aromatic rings. The molecule has 0 aliphatic heterocycles. The molecule has 0 aliphatic rings. The standard InChI is InChI=1S/C16H20N2O3/c1-10(17)12-7-8-14(18(2)16(12)19)13-6-5-11(20-3)9-15(13)21-4/h5-10H,17H2,1-4H3. The molecule has 112 valence electrons. The molecule has 0 amide bonds. The molecule has 2 N–H and O–H groups in total. The molecule has 1 aromatic carbocycles. The van der Waals surface area contributed by atoms with Crippen molar-refractivity contribution in [2.24, 2.45) is 12.8 Å². The van der Waals surface area contributed by atoms with E-state index in [1.165, 1.54) is 0 Å². The molecule has 21 heavy (non-hydrogen) atoms. The SMILES string of the molecule is COc1ccc(-c2ccc(C(C)N)c(=O)n2C)c(OC)c1. The molecule has 0 saturated heterocycles. The lowest BCUT2D eigenvalue weighted by molar-refractivity contribution is 0.395. The van der Waals surface area contributed by atoms with E-state index in [1.54, 1.807) is 44.9 Å². The molecule has 0 fully saturated rings. The van der Waals surface area contributed by atoms with E-state index in [0.29, 0.717) is 17.1 Å². The molecule has 1 unspecified atom stereocenters. The zero-order valence-electron chi connectivity index (χ0n) is 12.7. The summed E-state index contributed by atoms with van der Waals surface area (Å²) in [5.74, 6) is 1.35. The minimum atomic E-state index is -0.296. The first-order valence-electron chi connectivity index (χ1n) is 6.67. The first kappa shape index (κ1) is 15.1. The van der Waals surface area contributed by atoms with Gasteiger partial charge in [-0.05, 0) is 31.2 Å². The summed E-state index contributed by atoms with van der Waals surface area (Å²) in [5.41, 5.74) is 7.90. The van der Waals surface area contributed by atoms with Gasteiger partial charge in [0.25, 0.3) is 5.56 Å². The van der Waals surface area contributed by atoms with Gasteiger partial charge in [-0.15, -0.1) is 0 Å². The van der Waals surface area contributed by atoms with E-state index in [0.717, 1.165) is 11.3 Å². The van der Waals surface area contributed by atoms with Crippen LogP contribution in [-0.4, -0.2) is 18.8 Å². The van der Waals surface area contributed by atoms with E-state index in [9.17, 15) is 4.79 Å². The lowest BCUT2D eigenvalue weighted by Crippen LogP contribution is -2.26. The Kier molecular flexibility index (Phi) is 4.33. The number of pyridine rings is 1. The van der Waals surface area contributed by atoms with Gasteiger partial charge >= 0.3 is 0 Å². The van der Waals surface area contributed by atoms with Crippen LogP contribution in [0.15, 0.2) is 35.1 Å². The second-order valence-electron chi connectivity index (χ2n) is 4.89. The predicted octanol–water partition coefficient (Wildman–Crippen LogP) is 2.09. The van der Waals surface area contributed by atoms with Gasteiger partial charge in [0.2, 0.25) is 0 Å². The van der Waals surface area contributed by atoms with Crippen molar-refractivity contribution in [1.82, 2.24) is 4.57 Å². The summed E-state index contributed by atoms with van der Waals surface area (Å²) in [5, 5.41) is 0. The number of nitrogens with two attached hydrogens (primary N) is 1. The monoisotopic (exact) mass is 288 g/mol. The topological polar surface area (TPSA) is 66.5 Å². The van der Waals surface area contributed by atoms with Gasteiger partial charge < -0.3 is 19.8 Å². The Morgan fingerprint density at radius 2 is 1.86 bits per heavy atom. The summed E-state index contributed by atoms with van der Waals surface area (Å²) < 4.78 is 12.2. The van der Waals surface area contributed by atoms with E-state index in [4.69, 9.17) is 15.2 Å². The molecule has 0 radical (unpaired) electrons. The van der Waals surface area contributed by atoms with Gasteiger partial charge in [-0.2, -0.15) is 0 Å². The van der Waals surface area contributed by atoms with Gasteiger partial charge in [0.15, 0.2) is 0 Å². The molecular weight excluding hydrogens is 268 g/mol. The maximum atomic E-state index is 12.3. The molecule has 1 atom stereocenters. The van der Waals surface area contributed by atoms with Crippen LogP contribution in [0.5, 0.6) is 11.5 Å². The average molecular weight is 288 g/mol. The zero-order chi connectivity index (χ0) is 15.6. The van der Waals surface area contributed by atoms with Crippen molar-refractivity contribution in [3.8, 4) is 22.8 Å². The zero-order valence-corrected chi connectivity index (χ0v) is 12.7. The number of aromatic nitrogens is 1. The number of ether oxygens (including phenoxy) is 2. The fourth-order valence-corrected chi connectivity index (χ4v) is 2.28. The summed E-state index contributed by atoms with van der Waals surface area (Å²) in [6, 6.07) is 8.85. The Labute approximate surface area is 123 Å². The van der Waals surface area contributed by atoms with Crippen molar-refractivity contribution >= 4 is 0 Å². The van der Waals surface area contributed by atoms with Crippen LogP contribution in [0.3, 0.4) is 0 Å². The van der Waals surface area contributed by atoms with E-state index in [-0.39, 0.29) is 11.6 Å². The Bertz CT molecular complexity index is 705. The highest BCUT2D eigenvalue weighted by Crippen LogP contribution is 2.32. The van der Waals surface area contributed by atoms with Gasteiger partial charge in [-0.3, -0.25) is 4.79 Å². The van der Waals surface area contributed by atoms with Crippen LogP contribution < -0.4 is 20.8 Å². The summed E-state index contributed by atoms with van der Waals surface area (Å²) in [6.07, 6.45) is 0. The van der Waals surface area contributed by atoms with E-state index in [2.05, 4.69) is 0 Å². The summed E-state index contributed by atoms with van der Waals surface area (Å²) in [4.78, 5) is 12.3. The Morgan fingerprint density at radius 1 is 1.14 bits per heavy atom. The third-order valence-corrected chi connectivity index (χ3v) is 3.51. The molecular formula is C16H20N2O3. The van der Waals surface area contributed by atoms with Crippen LogP contribution in [0.4, 0.5) is 0 Å². The molecule has 0 saturated carbocycles. The molecule has 5 heteroatoms. The third kappa shape index (κ3) is 2.78.